The van der Waals surface area contributed by atoms with Gasteiger partial charge in [0.25, 0.3) is 0 Å². The SMILES string of the molecule is CSc1ccc(CN)cc1C(F)(F)F. The number of alkyl halides is 3. The van der Waals surface area contributed by atoms with E-state index in [1.807, 2.05) is 0 Å². The van der Waals surface area contributed by atoms with Crippen LogP contribution in [0.3, 0.4) is 0 Å². The molecule has 1 rings (SSSR count). The molecule has 0 fully saturated rings. The van der Waals surface area contributed by atoms with Crippen molar-refractivity contribution in [2.75, 3.05) is 6.26 Å². The Morgan fingerprint density at radius 1 is 1.36 bits per heavy atom. The molecule has 0 radical (unpaired) electrons. The van der Waals surface area contributed by atoms with E-state index >= 15 is 0 Å². The zero-order valence-corrected chi connectivity index (χ0v) is 8.38. The third kappa shape index (κ3) is 2.42. The molecule has 2 N–H and O–H groups in total. The molecule has 0 aromatic heterocycles. The molecular formula is C9H10F3NS. The summed E-state index contributed by atoms with van der Waals surface area (Å²) in [4.78, 5) is 0.231. The van der Waals surface area contributed by atoms with E-state index in [4.69, 9.17) is 5.73 Å². The molecule has 5 heteroatoms. The molecule has 0 atom stereocenters. The largest absolute Gasteiger partial charge is 0.417 e. The van der Waals surface area contributed by atoms with Crippen LogP contribution in [0.2, 0.25) is 0 Å². The van der Waals surface area contributed by atoms with Gasteiger partial charge in [-0.25, -0.2) is 0 Å². The second-order valence-electron chi connectivity index (χ2n) is 2.74. The van der Waals surface area contributed by atoms with Gasteiger partial charge in [0.1, 0.15) is 0 Å². The smallest absolute Gasteiger partial charge is 0.326 e. The van der Waals surface area contributed by atoms with Crippen molar-refractivity contribution in [2.45, 2.75) is 17.6 Å². The average Bonchev–Trinajstić information content (AvgIpc) is 2.15. The summed E-state index contributed by atoms with van der Waals surface area (Å²) in [6, 6.07) is 4.17. The summed E-state index contributed by atoms with van der Waals surface area (Å²) in [5.41, 5.74) is 5.17. The summed E-state index contributed by atoms with van der Waals surface area (Å²) in [6.07, 6.45) is -2.68. The molecule has 0 amide bonds. The van der Waals surface area contributed by atoms with Crippen LogP contribution in [-0.2, 0) is 12.7 Å². The monoisotopic (exact) mass is 221 g/mol. The molecule has 0 aliphatic carbocycles. The lowest BCUT2D eigenvalue weighted by molar-refractivity contribution is -0.139. The average molecular weight is 221 g/mol. The van der Waals surface area contributed by atoms with E-state index in [9.17, 15) is 13.2 Å². The van der Waals surface area contributed by atoms with Gasteiger partial charge in [0.2, 0.25) is 0 Å². The van der Waals surface area contributed by atoms with Crippen LogP contribution in [0.1, 0.15) is 11.1 Å². The standard InChI is InChI=1S/C9H10F3NS/c1-14-8-3-2-6(5-13)4-7(8)9(10,11)12/h2-4H,5,13H2,1H3. The van der Waals surface area contributed by atoms with Gasteiger partial charge < -0.3 is 5.73 Å². The van der Waals surface area contributed by atoms with Crippen LogP contribution in [0.5, 0.6) is 0 Å². The Bertz CT molecular complexity index is 322. The van der Waals surface area contributed by atoms with Crippen LogP contribution in [0.15, 0.2) is 23.1 Å². The van der Waals surface area contributed by atoms with Crippen molar-refractivity contribution in [3.63, 3.8) is 0 Å². The molecule has 0 saturated carbocycles. The van der Waals surface area contributed by atoms with E-state index in [1.54, 1.807) is 12.3 Å². The van der Waals surface area contributed by atoms with Crippen molar-refractivity contribution in [3.8, 4) is 0 Å². The van der Waals surface area contributed by atoms with Crippen molar-refractivity contribution in [3.05, 3.63) is 29.3 Å². The fourth-order valence-electron chi connectivity index (χ4n) is 1.10. The molecule has 0 aliphatic rings. The molecule has 0 unspecified atom stereocenters. The minimum atomic E-state index is -4.30. The number of benzene rings is 1. The molecule has 78 valence electrons. The van der Waals surface area contributed by atoms with Crippen molar-refractivity contribution in [1.29, 1.82) is 0 Å². The second-order valence-corrected chi connectivity index (χ2v) is 3.58. The predicted molar refractivity (Wildman–Crippen MR) is 51.1 cm³/mol. The molecule has 1 aromatic rings. The van der Waals surface area contributed by atoms with E-state index in [0.717, 1.165) is 17.8 Å². The highest BCUT2D eigenvalue weighted by molar-refractivity contribution is 7.98. The van der Waals surface area contributed by atoms with Gasteiger partial charge in [-0.15, -0.1) is 11.8 Å². The van der Waals surface area contributed by atoms with Crippen molar-refractivity contribution in [2.24, 2.45) is 5.73 Å². The topological polar surface area (TPSA) is 26.0 Å². The quantitative estimate of drug-likeness (QED) is 0.777. The lowest BCUT2D eigenvalue weighted by Gasteiger charge is -2.12. The molecule has 1 nitrogen and oxygen atoms in total. The number of halogens is 3. The van der Waals surface area contributed by atoms with Crippen LogP contribution < -0.4 is 5.73 Å². The van der Waals surface area contributed by atoms with Crippen LogP contribution in [0, 0.1) is 0 Å². The molecule has 0 heterocycles. The first kappa shape index (κ1) is 11.4. The Labute approximate surface area is 84.5 Å². The highest BCUT2D eigenvalue weighted by atomic mass is 32.2. The summed E-state index contributed by atoms with van der Waals surface area (Å²) in [5.74, 6) is 0. The molecule has 0 spiro atoms. The lowest BCUT2D eigenvalue weighted by Crippen LogP contribution is -2.08. The van der Waals surface area contributed by atoms with Crippen LogP contribution >= 0.6 is 11.8 Å². The first-order valence-corrected chi connectivity index (χ1v) is 5.15. The number of hydrogen-bond donors (Lipinski definition) is 1. The summed E-state index contributed by atoms with van der Waals surface area (Å²) < 4.78 is 37.5. The first-order chi connectivity index (χ1) is 6.49. The van der Waals surface area contributed by atoms with Gasteiger partial charge in [-0.05, 0) is 24.0 Å². The molecule has 1 aromatic carbocycles. The van der Waals surface area contributed by atoms with E-state index in [2.05, 4.69) is 0 Å². The van der Waals surface area contributed by atoms with Crippen LogP contribution in [0.4, 0.5) is 13.2 Å². The normalized spacial score (nSPS) is 11.8. The predicted octanol–water partition coefficient (Wildman–Crippen LogP) is 2.89. The zero-order valence-electron chi connectivity index (χ0n) is 7.56. The van der Waals surface area contributed by atoms with Gasteiger partial charge in [0.05, 0.1) is 5.56 Å². The minimum absolute atomic E-state index is 0.123. The van der Waals surface area contributed by atoms with Gasteiger partial charge in [0.15, 0.2) is 0 Å². The van der Waals surface area contributed by atoms with E-state index < -0.39 is 11.7 Å². The van der Waals surface area contributed by atoms with Crippen LogP contribution in [-0.4, -0.2) is 6.26 Å². The maximum atomic E-state index is 12.5. The molecular weight excluding hydrogens is 211 g/mol. The highest BCUT2D eigenvalue weighted by Gasteiger charge is 2.33. The van der Waals surface area contributed by atoms with E-state index in [0.29, 0.717) is 5.56 Å². The summed E-state index contributed by atoms with van der Waals surface area (Å²) in [7, 11) is 0. The number of thioether (sulfide) groups is 1. The number of hydrogen-bond acceptors (Lipinski definition) is 2. The molecule has 14 heavy (non-hydrogen) atoms. The number of nitrogens with two attached hydrogens (primary N) is 1. The Morgan fingerprint density at radius 3 is 2.43 bits per heavy atom. The Hall–Kier alpha value is -0.680. The zero-order chi connectivity index (χ0) is 10.8. The molecule has 0 saturated heterocycles. The highest BCUT2D eigenvalue weighted by Crippen LogP contribution is 2.36. The van der Waals surface area contributed by atoms with Crippen molar-refractivity contribution >= 4 is 11.8 Å². The molecule has 0 aliphatic heterocycles. The summed E-state index contributed by atoms with van der Waals surface area (Å²) >= 11 is 1.08. The lowest BCUT2D eigenvalue weighted by atomic mass is 10.1. The fourth-order valence-corrected chi connectivity index (χ4v) is 1.70. The maximum Gasteiger partial charge on any atom is 0.417 e. The third-order valence-corrected chi connectivity index (χ3v) is 2.60. The Balaban J connectivity index is 3.22. The van der Waals surface area contributed by atoms with Crippen molar-refractivity contribution in [1.82, 2.24) is 0 Å². The first-order valence-electron chi connectivity index (χ1n) is 3.93. The third-order valence-electron chi connectivity index (χ3n) is 1.80. The van der Waals surface area contributed by atoms with Crippen molar-refractivity contribution < 1.29 is 13.2 Å². The Kier molecular flexibility index (Phi) is 3.44. The second kappa shape index (κ2) is 4.23. The Morgan fingerprint density at radius 2 is 2.00 bits per heavy atom. The summed E-state index contributed by atoms with van der Waals surface area (Å²) in [5, 5.41) is 0. The van der Waals surface area contributed by atoms with Gasteiger partial charge in [-0.2, -0.15) is 13.2 Å². The maximum absolute atomic E-state index is 12.5. The van der Waals surface area contributed by atoms with Gasteiger partial charge >= 0.3 is 6.18 Å². The van der Waals surface area contributed by atoms with E-state index in [-0.39, 0.29) is 11.4 Å². The van der Waals surface area contributed by atoms with Gasteiger partial charge in [-0.1, -0.05) is 6.07 Å². The van der Waals surface area contributed by atoms with Crippen LogP contribution in [0.25, 0.3) is 0 Å². The van der Waals surface area contributed by atoms with E-state index in [1.165, 1.54) is 6.07 Å². The minimum Gasteiger partial charge on any atom is -0.326 e. The van der Waals surface area contributed by atoms with Gasteiger partial charge in [-0.3, -0.25) is 0 Å². The van der Waals surface area contributed by atoms with Gasteiger partial charge in [0, 0.05) is 11.4 Å². The fraction of sp³-hybridized carbons (Fsp3) is 0.333. The number of rotatable bonds is 2. The summed E-state index contributed by atoms with van der Waals surface area (Å²) in [6.45, 7) is 0.123. The molecule has 0 bridgehead atoms.